The number of nitrogens with two attached hydrogens (primary N) is 2. The molecule has 0 saturated heterocycles. The third kappa shape index (κ3) is 3.01. The van der Waals surface area contributed by atoms with Crippen LogP contribution >= 0.6 is 0 Å². The van der Waals surface area contributed by atoms with Gasteiger partial charge in [-0.3, -0.25) is 0 Å². The van der Waals surface area contributed by atoms with Gasteiger partial charge in [-0.1, -0.05) is 97.2 Å². The molecule has 0 atom stereocenters. The maximum Gasteiger partial charge on any atom is 0.0886 e. The zero-order valence-electron chi connectivity index (χ0n) is 18.5. The second-order valence-corrected chi connectivity index (χ2v) is 21.4. The summed E-state index contributed by atoms with van der Waals surface area (Å²) in [6, 6.07) is 8.61. The van der Waals surface area contributed by atoms with Crippen LogP contribution in [0.4, 0.5) is 11.4 Å². The Kier molecular flexibility index (Phi) is 4.96. The summed E-state index contributed by atoms with van der Waals surface area (Å²) in [5.41, 5.74) is 15.0. The van der Waals surface area contributed by atoms with E-state index in [-0.39, 0.29) is 10.1 Å². The second kappa shape index (κ2) is 6.13. The van der Waals surface area contributed by atoms with Gasteiger partial charge in [0.25, 0.3) is 0 Å². The van der Waals surface area contributed by atoms with Crippen LogP contribution in [0.1, 0.15) is 41.5 Å². The molecule has 26 heavy (non-hydrogen) atoms. The summed E-state index contributed by atoms with van der Waals surface area (Å²) in [5, 5.41) is 5.83. The monoisotopic (exact) mass is 386 g/mol. The van der Waals surface area contributed by atoms with E-state index < -0.39 is 16.1 Å². The van der Waals surface area contributed by atoms with E-state index in [4.69, 9.17) is 11.5 Å². The minimum atomic E-state index is -1.88. The minimum Gasteiger partial charge on any atom is -0.397 e. The van der Waals surface area contributed by atoms with Crippen molar-refractivity contribution in [2.24, 2.45) is 0 Å². The van der Waals surface area contributed by atoms with Gasteiger partial charge in [-0.05, 0) is 20.6 Å². The van der Waals surface area contributed by atoms with E-state index in [0.29, 0.717) is 0 Å². The predicted molar refractivity (Wildman–Crippen MR) is 126 cm³/mol. The van der Waals surface area contributed by atoms with E-state index in [9.17, 15) is 0 Å². The lowest BCUT2D eigenvalue weighted by atomic mass is 10.1. The Labute approximate surface area is 162 Å². The van der Waals surface area contributed by atoms with E-state index in [1.807, 2.05) is 0 Å². The molecular weight excluding hydrogens is 348 g/mol. The Hall–Kier alpha value is -1.27. The predicted octanol–water partition coefficient (Wildman–Crippen LogP) is 5.44. The van der Waals surface area contributed by atoms with E-state index >= 15 is 0 Å². The molecule has 2 nitrogen and oxygen atoms in total. The van der Waals surface area contributed by atoms with Crippen LogP contribution in [0.3, 0.4) is 0 Å². The maximum atomic E-state index is 6.80. The highest BCUT2D eigenvalue weighted by molar-refractivity contribution is 7.03. The lowest BCUT2D eigenvalue weighted by molar-refractivity contribution is 0.726. The van der Waals surface area contributed by atoms with Gasteiger partial charge < -0.3 is 11.5 Å². The zero-order valence-corrected chi connectivity index (χ0v) is 20.5. The summed E-state index contributed by atoms with van der Waals surface area (Å²) in [6.45, 7) is 24.2. The number of benzene rings is 2. The lowest BCUT2D eigenvalue weighted by Crippen LogP contribution is -2.65. The van der Waals surface area contributed by atoms with Crippen molar-refractivity contribution in [2.45, 2.75) is 77.8 Å². The average molecular weight is 387 g/mol. The molecule has 0 bridgehead atoms. The van der Waals surface area contributed by atoms with Crippen molar-refractivity contribution in [3.8, 4) is 0 Å². The van der Waals surface area contributed by atoms with E-state index in [0.717, 1.165) is 16.8 Å². The van der Waals surface area contributed by atoms with Gasteiger partial charge in [0.1, 0.15) is 0 Å². The molecule has 0 aliphatic heterocycles. The molecule has 0 aromatic heterocycles. The van der Waals surface area contributed by atoms with E-state index in [2.05, 4.69) is 92.0 Å². The van der Waals surface area contributed by atoms with Crippen molar-refractivity contribution in [3.63, 3.8) is 0 Å². The van der Waals surface area contributed by atoms with Crippen molar-refractivity contribution >= 4 is 48.7 Å². The molecule has 0 unspecified atom stereocenters. The Morgan fingerprint density at radius 3 is 1.42 bits per heavy atom. The highest BCUT2D eigenvalue weighted by atomic mass is 28.3. The molecule has 4 heteroatoms. The van der Waals surface area contributed by atoms with E-state index in [1.165, 1.54) is 10.6 Å². The van der Waals surface area contributed by atoms with Crippen LogP contribution in [0.25, 0.3) is 10.8 Å². The van der Waals surface area contributed by atoms with Crippen molar-refractivity contribution < 1.29 is 0 Å². The zero-order chi connectivity index (χ0) is 20.3. The smallest absolute Gasteiger partial charge is 0.0886 e. The third-order valence-corrected chi connectivity index (χ3v) is 18.6. The largest absolute Gasteiger partial charge is 0.397 e. The fourth-order valence-corrected chi connectivity index (χ4v) is 10.1. The van der Waals surface area contributed by atoms with Gasteiger partial charge in [0, 0.05) is 5.39 Å². The molecule has 4 N–H and O–H groups in total. The summed E-state index contributed by atoms with van der Waals surface area (Å²) in [6.07, 6.45) is 0. The van der Waals surface area contributed by atoms with Crippen molar-refractivity contribution in [2.75, 3.05) is 11.5 Å². The van der Waals surface area contributed by atoms with Crippen LogP contribution in [-0.2, 0) is 0 Å². The SMILES string of the molecule is CC(C)(C)[Si](C)(C)c1c(N)c(N)c2ccccc2c1[Si](C)(C)C(C)(C)C. The van der Waals surface area contributed by atoms with Gasteiger partial charge in [-0.2, -0.15) is 0 Å². The van der Waals surface area contributed by atoms with Crippen molar-refractivity contribution in [1.29, 1.82) is 0 Å². The van der Waals surface area contributed by atoms with E-state index in [1.54, 1.807) is 5.19 Å². The summed E-state index contributed by atoms with van der Waals surface area (Å²) >= 11 is 0. The number of fused-ring (bicyclic) bond motifs is 1. The van der Waals surface area contributed by atoms with Crippen molar-refractivity contribution in [1.82, 2.24) is 0 Å². The fourth-order valence-electron chi connectivity index (χ4n) is 3.53. The molecule has 2 aromatic carbocycles. The molecular formula is C22H38N2Si2. The second-order valence-electron chi connectivity index (χ2n) is 10.9. The molecule has 0 heterocycles. The number of nitrogen functional groups attached to an aromatic ring is 2. The molecule has 144 valence electrons. The molecule has 0 radical (unpaired) electrons. The normalized spacial score (nSPS) is 14.1. The molecule has 2 rings (SSSR count). The van der Waals surface area contributed by atoms with Gasteiger partial charge in [-0.25, -0.2) is 0 Å². The Morgan fingerprint density at radius 1 is 0.615 bits per heavy atom. The number of rotatable bonds is 2. The Balaban J connectivity index is 3.15. The van der Waals surface area contributed by atoms with Crippen LogP contribution in [0.2, 0.25) is 36.3 Å². The highest BCUT2D eigenvalue weighted by Crippen LogP contribution is 2.42. The van der Waals surface area contributed by atoms with Gasteiger partial charge in [0.05, 0.1) is 27.5 Å². The third-order valence-electron chi connectivity index (χ3n) is 7.30. The van der Waals surface area contributed by atoms with Crippen LogP contribution in [0.15, 0.2) is 24.3 Å². The number of hydrogen-bond acceptors (Lipinski definition) is 2. The van der Waals surface area contributed by atoms with Gasteiger partial charge in [-0.15, -0.1) is 0 Å². The Morgan fingerprint density at radius 2 is 1.00 bits per heavy atom. The summed E-state index contributed by atoms with van der Waals surface area (Å²) in [7, 11) is -3.71. The molecule has 0 amide bonds. The summed E-state index contributed by atoms with van der Waals surface area (Å²) < 4.78 is 0. The first-order valence-corrected chi connectivity index (χ1v) is 15.7. The molecule has 0 aliphatic carbocycles. The van der Waals surface area contributed by atoms with Crippen molar-refractivity contribution in [3.05, 3.63) is 24.3 Å². The number of hydrogen-bond donors (Lipinski definition) is 2. The molecule has 0 saturated carbocycles. The molecule has 0 fully saturated rings. The quantitative estimate of drug-likeness (QED) is 0.533. The first kappa shape index (κ1) is 21.0. The fraction of sp³-hybridized carbons (Fsp3) is 0.545. The van der Waals surface area contributed by atoms with Gasteiger partial charge >= 0.3 is 0 Å². The molecule has 0 aliphatic rings. The Bertz CT molecular complexity index is 838. The van der Waals surface area contributed by atoms with Crippen LogP contribution < -0.4 is 21.8 Å². The lowest BCUT2D eigenvalue weighted by Gasteiger charge is -2.46. The average Bonchev–Trinajstić information content (AvgIpc) is 2.47. The summed E-state index contributed by atoms with van der Waals surface area (Å²) in [4.78, 5) is 0. The van der Waals surface area contributed by atoms with Crippen LogP contribution in [-0.4, -0.2) is 16.1 Å². The van der Waals surface area contributed by atoms with Gasteiger partial charge in [0.2, 0.25) is 0 Å². The summed E-state index contributed by atoms with van der Waals surface area (Å²) in [5.74, 6) is 0. The van der Waals surface area contributed by atoms with Crippen LogP contribution in [0.5, 0.6) is 0 Å². The first-order chi connectivity index (χ1) is 11.5. The first-order valence-electron chi connectivity index (χ1n) is 9.65. The van der Waals surface area contributed by atoms with Crippen LogP contribution in [0, 0.1) is 0 Å². The maximum absolute atomic E-state index is 6.80. The topological polar surface area (TPSA) is 52.0 Å². The molecule has 2 aromatic rings. The van der Waals surface area contributed by atoms with Gasteiger partial charge in [0.15, 0.2) is 0 Å². The minimum absolute atomic E-state index is 0.202. The molecule has 0 spiro atoms. The standard InChI is InChI=1S/C22H38N2Si2/c1-21(2,3)25(7,8)19-16-14-12-11-13-15(16)17(23)18(24)20(19)26(9,10)22(4,5)6/h11-14H,23-24H2,1-10H3. The number of anilines is 2. The highest BCUT2D eigenvalue weighted by Gasteiger charge is 2.47.